The molecule has 0 heterocycles. The number of hydrogen-bond donors (Lipinski definition) is 3. The monoisotopic (exact) mass is 453 g/mol. The van der Waals surface area contributed by atoms with Crippen LogP contribution in [0.1, 0.15) is 10.4 Å². The molecule has 0 unspecified atom stereocenters. The van der Waals surface area contributed by atoms with E-state index in [1.807, 2.05) is 0 Å². The Morgan fingerprint density at radius 3 is 2.23 bits per heavy atom. The molecule has 0 fully saturated rings. The van der Waals surface area contributed by atoms with E-state index in [0.717, 1.165) is 0 Å². The largest absolute Gasteiger partial charge is 0.339 e. The van der Waals surface area contributed by atoms with Crippen LogP contribution in [0.5, 0.6) is 0 Å². The number of nitrogens with one attached hydrogen (secondary N) is 3. The van der Waals surface area contributed by atoms with E-state index < -0.39 is 15.9 Å². The van der Waals surface area contributed by atoms with Gasteiger partial charge >= 0.3 is 0 Å². The van der Waals surface area contributed by atoms with Gasteiger partial charge in [0, 0.05) is 5.69 Å². The highest BCUT2D eigenvalue weighted by Gasteiger charge is 2.35. The van der Waals surface area contributed by atoms with Crippen molar-refractivity contribution in [1.29, 1.82) is 0 Å². The predicted molar refractivity (Wildman–Crippen MR) is 109 cm³/mol. The smallest absolute Gasteiger partial charge is 0.254 e. The highest BCUT2D eigenvalue weighted by atomic mass is 35.6. The molecule has 0 bridgehead atoms. The van der Waals surface area contributed by atoms with Crippen LogP contribution in [0.2, 0.25) is 5.02 Å². The lowest BCUT2D eigenvalue weighted by molar-refractivity contribution is 0.0934. The molecule has 0 aliphatic heterocycles. The minimum Gasteiger partial charge on any atom is -0.339 e. The van der Waals surface area contributed by atoms with Crippen molar-refractivity contribution in [3.63, 3.8) is 0 Å². The van der Waals surface area contributed by atoms with Crippen LogP contribution in [0.15, 0.2) is 48.5 Å². The molecule has 138 valence electrons. The lowest BCUT2D eigenvalue weighted by atomic mass is 10.2. The van der Waals surface area contributed by atoms with Gasteiger partial charge in [-0.25, -0.2) is 4.39 Å². The Labute approximate surface area is 174 Å². The molecular weight excluding hydrogens is 443 g/mol. The van der Waals surface area contributed by atoms with Crippen molar-refractivity contribution in [1.82, 2.24) is 10.6 Å². The summed E-state index contributed by atoms with van der Waals surface area (Å²) in [4.78, 5) is 12.4. The summed E-state index contributed by atoms with van der Waals surface area (Å²) in [5.74, 6) is -0.940. The second-order valence-corrected chi connectivity index (χ2v) is 8.22. The molecule has 3 N–H and O–H groups in total. The van der Waals surface area contributed by atoms with E-state index >= 15 is 0 Å². The fraction of sp³-hybridized carbons (Fsp3) is 0.125. The molecule has 0 saturated carbocycles. The molecule has 1 amide bonds. The average Bonchev–Trinajstić information content (AvgIpc) is 2.56. The van der Waals surface area contributed by atoms with E-state index in [1.165, 1.54) is 30.3 Å². The summed E-state index contributed by atoms with van der Waals surface area (Å²) in [5, 5.41) is 8.33. The molecule has 0 aromatic heterocycles. The first-order chi connectivity index (χ1) is 12.2. The molecule has 2 rings (SSSR count). The standard InChI is InChI=1S/C16H12Cl4FN3OS/c17-12-4-2-1-3-11(12)13(25)23-14(16(18,19)20)24-15(26)22-10-7-5-9(21)6-8-10/h1-8,14H,(H,23,25)(H2,22,24,26)/t14-/m1/s1. The molecule has 0 spiro atoms. The van der Waals surface area contributed by atoms with Crippen LogP contribution in [-0.2, 0) is 0 Å². The lowest BCUT2D eigenvalue weighted by Gasteiger charge is -2.28. The topological polar surface area (TPSA) is 53.2 Å². The number of halogens is 5. The van der Waals surface area contributed by atoms with Gasteiger partial charge in [0.05, 0.1) is 10.6 Å². The van der Waals surface area contributed by atoms with Gasteiger partial charge in [0.1, 0.15) is 12.0 Å². The molecule has 0 aliphatic rings. The number of rotatable bonds is 4. The molecular formula is C16H12Cl4FN3OS. The van der Waals surface area contributed by atoms with Crippen LogP contribution in [0.3, 0.4) is 0 Å². The van der Waals surface area contributed by atoms with Crippen molar-refractivity contribution in [2.24, 2.45) is 0 Å². The normalized spacial score (nSPS) is 12.2. The summed E-state index contributed by atoms with van der Waals surface area (Å²) in [6.45, 7) is 0. The zero-order valence-corrected chi connectivity index (χ0v) is 16.7. The zero-order valence-electron chi connectivity index (χ0n) is 12.9. The maximum atomic E-state index is 12.9. The van der Waals surface area contributed by atoms with Gasteiger partial charge in [-0.05, 0) is 48.6 Å². The van der Waals surface area contributed by atoms with Crippen molar-refractivity contribution >= 4 is 75.3 Å². The van der Waals surface area contributed by atoms with Gasteiger partial charge in [-0.3, -0.25) is 4.79 Å². The van der Waals surface area contributed by atoms with Crippen LogP contribution < -0.4 is 16.0 Å². The van der Waals surface area contributed by atoms with Gasteiger partial charge in [0.15, 0.2) is 5.11 Å². The second kappa shape index (κ2) is 9.06. The number of benzene rings is 2. The third-order valence-electron chi connectivity index (χ3n) is 3.10. The minimum absolute atomic E-state index is 0.0624. The molecule has 10 heteroatoms. The number of anilines is 1. The van der Waals surface area contributed by atoms with Gasteiger partial charge < -0.3 is 16.0 Å². The quantitative estimate of drug-likeness (QED) is 0.349. The van der Waals surface area contributed by atoms with E-state index in [2.05, 4.69) is 16.0 Å². The van der Waals surface area contributed by atoms with Crippen LogP contribution >= 0.6 is 58.6 Å². The van der Waals surface area contributed by atoms with Crippen molar-refractivity contribution in [2.45, 2.75) is 9.96 Å². The van der Waals surface area contributed by atoms with Crippen LogP contribution in [0, 0.1) is 5.82 Å². The van der Waals surface area contributed by atoms with Crippen molar-refractivity contribution in [3.05, 3.63) is 64.9 Å². The Bertz CT molecular complexity index is 799. The summed E-state index contributed by atoms with van der Waals surface area (Å²) in [5.41, 5.74) is 0.733. The molecule has 2 aromatic rings. The van der Waals surface area contributed by atoms with Gasteiger partial charge in [-0.2, -0.15) is 0 Å². The molecule has 4 nitrogen and oxygen atoms in total. The first-order valence-corrected chi connectivity index (χ1v) is 9.04. The highest BCUT2D eigenvalue weighted by Crippen LogP contribution is 2.29. The third-order valence-corrected chi connectivity index (χ3v) is 4.30. The second-order valence-electron chi connectivity index (χ2n) is 5.03. The average molecular weight is 455 g/mol. The Morgan fingerprint density at radius 2 is 1.65 bits per heavy atom. The van der Waals surface area contributed by atoms with Crippen LogP contribution in [-0.4, -0.2) is 21.0 Å². The molecule has 0 aliphatic carbocycles. The van der Waals surface area contributed by atoms with Crippen LogP contribution in [0.4, 0.5) is 10.1 Å². The van der Waals surface area contributed by atoms with E-state index in [0.29, 0.717) is 5.69 Å². The summed E-state index contributed by atoms with van der Waals surface area (Å²) >= 11 is 28.9. The van der Waals surface area contributed by atoms with E-state index in [4.69, 9.17) is 58.6 Å². The number of alkyl halides is 3. The maximum Gasteiger partial charge on any atom is 0.254 e. The predicted octanol–water partition coefficient (Wildman–Crippen LogP) is 4.89. The van der Waals surface area contributed by atoms with Gasteiger partial charge in [-0.1, -0.05) is 58.5 Å². The highest BCUT2D eigenvalue weighted by molar-refractivity contribution is 7.80. The number of carbonyl (C=O) groups is 1. The Balaban J connectivity index is 2.07. The van der Waals surface area contributed by atoms with E-state index in [1.54, 1.807) is 18.2 Å². The fourth-order valence-corrected chi connectivity index (χ4v) is 2.67. The number of amides is 1. The Kier molecular flexibility index (Phi) is 7.32. The Morgan fingerprint density at radius 1 is 1.04 bits per heavy atom. The lowest BCUT2D eigenvalue weighted by Crippen LogP contribution is -2.56. The van der Waals surface area contributed by atoms with E-state index in [-0.39, 0.29) is 21.5 Å². The van der Waals surface area contributed by atoms with Crippen LogP contribution in [0.25, 0.3) is 0 Å². The first kappa shape index (κ1) is 21.0. The molecule has 26 heavy (non-hydrogen) atoms. The van der Waals surface area contributed by atoms with Crippen molar-refractivity contribution in [2.75, 3.05) is 5.32 Å². The molecule has 2 aromatic carbocycles. The summed E-state index contributed by atoms with van der Waals surface area (Å²) < 4.78 is 11.0. The maximum absolute atomic E-state index is 12.9. The summed E-state index contributed by atoms with van der Waals surface area (Å²) in [6, 6.07) is 11.9. The minimum atomic E-state index is -1.91. The molecule has 0 saturated heterocycles. The van der Waals surface area contributed by atoms with Crippen molar-refractivity contribution < 1.29 is 9.18 Å². The van der Waals surface area contributed by atoms with E-state index in [9.17, 15) is 9.18 Å². The SMILES string of the molecule is O=C(N[C@H](NC(=S)Nc1ccc(F)cc1)C(Cl)(Cl)Cl)c1ccccc1Cl. The Hall–Kier alpha value is -1.31. The fourth-order valence-electron chi connectivity index (χ4n) is 1.89. The number of carbonyl (C=O) groups excluding carboxylic acids is 1. The van der Waals surface area contributed by atoms with Crippen molar-refractivity contribution in [3.8, 4) is 0 Å². The summed E-state index contributed by atoms with van der Waals surface area (Å²) in [6.07, 6.45) is -1.16. The molecule has 0 radical (unpaired) electrons. The zero-order chi connectivity index (χ0) is 19.3. The van der Waals surface area contributed by atoms with Gasteiger partial charge in [0.25, 0.3) is 5.91 Å². The third kappa shape index (κ3) is 6.14. The van der Waals surface area contributed by atoms with Gasteiger partial charge in [-0.15, -0.1) is 0 Å². The number of thiocarbonyl (C=S) groups is 1. The number of hydrogen-bond acceptors (Lipinski definition) is 2. The summed E-state index contributed by atoms with van der Waals surface area (Å²) in [7, 11) is 0. The molecule has 1 atom stereocenters. The first-order valence-electron chi connectivity index (χ1n) is 7.12. The van der Waals surface area contributed by atoms with Gasteiger partial charge in [0.2, 0.25) is 3.79 Å².